The van der Waals surface area contributed by atoms with Crippen molar-refractivity contribution in [2.45, 2.75) is 4.90 Å². The van der Waals surface area contributed by atoms with Crippen LogP contribution in [0.5, 0.6) is 5.75 Å². The molecule has 0 aliphatic carbocycles. The van der Waals surface area contributed by atoms with Crippen LogP contribution in [-0.4, -0.2) is 25.5 Å². The van der Waals surface area contributed by atoms with Crippen LogP contribution in [0.4, 0.5) is 11.4 Å². The smallest absolute Gasteiger partial charge is 0.270 e. The van der Waals surface area contributed by atoms with Crippen LogP contribution in [0.25, 0.3) is 0 Å². The van der Waals surface area contributed by atoms with Crippen LogP contribution in [0.15, 0.2) is 53.4 Å². The standard InChI is InChI=1S/C13H12N2O5S/c1-14(10-5-7-12(16)8-6-10)21(19,20)13-4-2-3-11(9-13)15(17)18/h2-9,16H,1H3. The van der Waals surface area contributed by atoms with Crippen molar-refractivity contribution in [1.82, 2.24) is 0 Å². The Kier molecular flexibility index (Phi) is 3.81. The number of anilines is 1. The molecule has 0 unspecified atom stereocenters. The molecule has 0 heterocycles. The molecule has 0 amide bonds. The molecule has 0 aliphatic rings. The summed E-state index contributed by atoms with van der Waals surface area (Å²) in [5.41, 5.74) is 0.0366. The van der Waals surface area contributed by atoms with E-state index in [-0.39, 0.29) is 16.3 Å². The van der Waals surface area contributed by atoms with Crippen LogP contribution in [0.1, 0.15) is 0 Å². The Morgan fingerprint density at radius 2 is 1.76 bits per heavy atom. The van der Waals surface area contributed by atoms with E-state index in [1.54, 1.807) is 0 Å². The molecule has 110 valence electrons. The number of sulfonamides is 1. The highest BCUT2D eigenvalue weighted by molar-refractivity contribution is 7.92. The van der Waals surface area contributed by atoms with Gasteiger partial charge < -0.3 is 5.11 Å². The first-order valence-electron chi connectivity index (χ1n) is 5.85. The zero-order chi connectivity index (χ0) is 15.6. The Hall–Kier alpha value is -2.61. The van der Waals surface area contributed by atoms with E-state index in [0.29, 0.717) is 5.69 Å². The quantitative estimate of drug-likeness (QED) is 0.688. The second kappa shape index (κ2) is 5.41. The summed E-state index contributed by atoms with van der Waals surface area (Å²) >= 11 is 0. The highest BCUT2D eigenvalue weighted by Gasteiger charge is 2.23. The fraction of sp³-hybridized carbons (Fsp3) is 0.0769. The number of nitrogens with zero attached hydrogens (tertiary/aromatic N) is 2. The molecule has 0 aromatic heterocycles. The summed E-state index contributed by atoms with van der Waals surface area (Å²) in [4.78, 5) is 9.90. The summed E-state index contributed by atoms with van der Waals surface area (Å²) < 4.78 is 25.9. The molecule has 0 fully saturated rings. The zero-order valence-corrected chi connectivity index (χ0v) is 11.8. The molecule has 2 rings (SSSR count). The molecule has 21 heavy (non-hydrogen) atoms. The van der Waals surface area contributed by atoms with Crippen LogP contribution in [0.3, 0.4) is 0 Å². The number of hydrogen-bond donors (Lipinski definition) is 1. The lowest BCUT2D eigenvalue weighted by Crippen LogP contribution is -2.26. The highest BCUT2D eigenvalue weighted by atomic mass is 32.2. The van der Waals surface area contributed by atoms with Crippen molar-refractivity contribution in [1.29, 1.82) is 0 Å². The van der Waals surface area contributed by atoms with Gasteiger partial charge in [0.1, 0.15) is 5.75 Å². The average Bonchev–Trinajstić information content (AvgIpc) is 2.47. The lowest BCUT2D eigenvalue weighted by molar-refractivity contribution is -0.385. The number of rotatable bonds is 4. The maximum atomic E-state index is 12.4. The predicted octanol–water partition coefficient (Wildman–Crippen LogP) is 2.13. The minimum absolute atomic E-state index is 0.0138. The van der Waals surface area contributed by atoms with Crippen molar-refractivity contribution in [3.8, 4) is 5.75 Å². The van der Waals surface area contributed by atoms with E-state index in [1.165, 1.54) is 49.5 Å². The van der Waals surface area contributed by atoms with E-state index in [2.05, 4.69) is 0 Å². The van der Waals surface area contributed by atoms with Crippen LogP contribution in [-0.2, 0) is 10.0 Å². The zero-order valence-electron chi connectivity index (χ0n) is 11.0. The van der Waals surface area contributed by atoms with Gasteiger partial charge in [-0.15, -0.1) is 0 Å². The monoisotopic (exact) mass is 308 g/mol. The third kappa shape index (κ3) is 2.95. The highest BCUT2D eigenvalue weighted by Crippen LogP contribution is 2.25. The normalized spacial score (nSPS) is 11.1. The van der Waals surface area contributed by atoms with Crippen molar-refractivity contribution in [2.75, 3.05) is 11.4 Å². The van der Waals surface area contributed by atoms with Crippen LogP contribution in [0.2, 0.25) is 0 Å². The minimum Gasteiger partial charge on any atom is -0.508 e. The topological polar surface area (TPSA) is 101 Å². The van der Waals surface area contributed by atoms with Gasteiger partial charge in [-0.1, -0.05) is 6.07 Å². The van der Waals surface area contributed by atoms with Crippen molar-refractivity contribution in [2.24, 2.45) is 0 Å². The molecule has 2 aromatic rings. The first-order valence-corrected chi connectivity index (χ1v) is 7.29. The number of non-ortho nitro benzene ring substituents is 1. The Morgan fingerprint density at radius 3 is 2.33 bits per heavy atom. The Labute approximate surface area is 121 Å². The number of hydrogen-bond acceptors (Lipinski definition) is 5. The molecule has 0 bridgehead atoms. The van der Waals surface area contributed by atoms with Crippen LogP contribution >= 0.6 is 0 Å². The summed E-state index contributed by atoms with van der Waals surface area (Å²) in [6, 6.07) is 10.4. The molecule has 8 heteroatoms. The van der Waals surface area contributed by atoms with Crippen molar-refractivity contribution >= 4 is 21.4 Å². The maximum absolute atomic E-state index is 12.4. The van der Waals surface area contributed by atoms with E-state index in [0.717, 1.165) is 10.4 Å². The third-order valence-corrected chi connectivity index (χ3v) is 4.68. The van der Waals surface area contributed by atoms with Gasteiger partial charge in [-0.3, -0.25) is 14.4 Å². The molecule has 0 spiro atoms. The minimum atomic E-state index is -3.91. The first kappa shape index (κ1) is 14.8. The lowest BCUT2D eigenvalue weighted by atomic mass is 10.3. The molecule has 0 saturated heterocycles. The largest absolute Gasteiger partial charge is 0.508 e. The van der Waals surface area contributed by atoms with Gasteiger partial charge in [-0.25, -0.2) is 8.42 Å². The van der Waals surface area contributed by atoms with E-state index < -0.39 is 14.9 Å². The van der Waals surface area contributed by atoms with Gasteiger partial charge in [-0.2, -0.15) is 0 Å². The Morgan fingerprint density at radius 1 is 1.14 bits per heavy atom. The third-order valence-electron chi connectivity index (χ3n) is 2.90. The molecular weight excluding hydrogens is 296 g/mol. The predicted molar refractivity (Wildman–Crippen MR) is 76.8 cm³/mol. The molecule has 2 aromatic carbocycles. The van der Waals surface area contributed by atoms with Crippen molar-refractivity contribution in [3.05, 3.63) is 58.6 Å². The van der Waals surface area contributed by atoms with Crippen LogP contribution < -0.4 is 4.31 Å². The molecule has 7 nitrogen and oxygen atoms in total. The van der Waals surface area contributed by atoms with Gasteiger partial charge in [0.15, 0.2) is 0 Å². The summed E-state index contributed by atoms with van der Waals surface area (Å²) in [5.74, 6) is 0.0138. The number of phenolic OH excluding ortho intramolecular Hbond substituents is 1. The molecular formula is C13H12N2O5S. The maximum Gasteiger partial charge on any atom is 0.270 e. The molecule has 0 saturated carbocycles. The summed E-state index contributed by atoms with van der Waals surface area (Å²) in [6.07, 6.45) is 0. The van der Waals surface area contributed by atoms with Gasteiger partial charge in [0.2, 0.25) is 0 Å². The Balaban J connectivity index is 2.44. The molecule has 0 atom stereocenters. The van der Waals surface area contributed by atoms with Gasteiger partial charge in [0.05, 0.1) is 15.5 Å². The van der Waals surface area contributed by atoms with Crippen LogP contribution in [0, 0.1) is 10.1 Å². The number of benzene rings is 2. The van der Waals surface area contributed by atoms with Crippen molar-refractivity contribution in [3.63, 3.8) is 0 Å². The van der Waals surface area contributed by atoms with Gasteiger partial charge in [0.25, 0.3) is 15.7 Å². The lowest BCUT2D eigenvalue weighted by Gasteiger charge is -2.19. The number of nitro benzene ring substituents is 1. The number of nitro groups is 1. The first-order chi connectivity index (χ1) is 9.82. The summed E-state index contributed by atoms with van der Waals surface area (Å²) in [7, 11) is -2.58. The molecule has 0 radical (unpaired) electrons. The van der Waals surface area contributed by atoms with E-state index in [9.17, 15) is 23.6 Å². The second-order valence-electron chi connectivity index (χ2n) is 4.24. The molecule has 0 aliphatic heterocycles. The van der Waals surface area contributed by atoms with E-state index >= 15 is 0 Å². The van der Waals surface area contributed by atoms with Gasteiger partial charge >= 0.3 is 0 Å². The average molecular weight is 308 g/mol. The fourth-order valence-electron chi connectivity index (χ4n) is 1.72. The van der Waals surface area contributed by atoms with Crippen molar-refractivity contribution < 1.29 is 18.4 Å². The SMILES string of the molecule is CN(c1ccc(O)cc1)S(=O)(=O)c1cccc([N+](=O)[O-])c1. The fourth-order valence-corrected chi connectivity index (χ4v) is 2.95. The number of phenols is 1. The van der Waals surface area contributed by atoms with Gasteiger partial charge in [-0.05, 0) is 30.3 Å². The summed E-state index contributed by atoms with van der Waals surface area (Å²) in [5, 5.41) is 19.9. The summed E-state index contributed by atoms with van der Waals surface area (Å²) in [6.45, 7) is 0. The van der Waals surface area contributed by atoms with E-state index in [1.807, 2.05) is 0 Å². The second-order valence-corrected chi connectivity index (χ2v) is 6.21. The Bertz CT molecular complexity index is 771. The molecule has 1 N–H and O–H groups in total. The van der Waals surface area contributed by atoms with E-state index in [4.69, 9.17) is 0 Å². The number of aromatic hydroxyl groups is 1. The van der Waals surface area contributed by atoms with Gasteiger partial charge in [0, 0.05) is 19.2 Å².